The lowest BCUT2D eigenvalue weighted by Crippen LogP contribution is -2.02. The summed E-state index contributed by atoms with van der Waals surface area (Å²) in [5.41, 5.74) is 0.672. The zero-order chi connectivity index (χ0) is 13.7. The highest BCUT2D eigenvalue weighted by atomic mass is 79.9. The van der Waals surface area contributed by atoms with E-state index in [2.05, 4.69) is 37.1 Å². The number of nitrogens with one attached hydrogen (secondary N) is 1. The van der Waals surface area contributed by atoms with E-state index < -0.39 is 0 Å². The van der Waals surface area contributed by atoms with Crippen LogP contribution in [0.4, 0.5) is 11.6 Å². The van der Waals surface area contributed by atoms with Crippen molar-refractivity contribution >= 4 is 27.6 Å². The van der Waals surface area contributed by atoms with E-state index in [1.165, 1.54) is 0 Å². The van der Waals surface area contributed by atoms with E-state index in [1.54, 1.807) is 30.5 Å². The number of hydrogen-bond donors (Lipinski definition) is 2. The molecule has 0 atom stereocenters. The molecule has 0 spiro atoms. The molecule has 0 amide bonds. The maximum Gasteiger partial charge on any atom is 0.233 e. The topological polar surface area (TPSA) is 67.3 Å². The number of rotatable bonds is 4. The molecule has 0 aliphatic heterocycles. The first-order valence-electron chi connectivity index (χ1n) is 5.34. The molecule has 0 fully saturated rings. The Labute approximate surface area is 118 Å². The fourth-order valence-corrected chi connectivity index (χ4v) is 1.64. The molecule has 6 heteroatoms. The average molecular weight is 320 g/mol. The molecule has 0 unspecified atom stereocenters. The minimum Gasteiger partial charge on any atom is -0.508 e. The van der Waals surface area contributed by atoms with Crippen LogP contribution >= 0.6 is 15.9 Å². The number of anilines is 2. The van der Waals surface area contributed by atoms with Gasteiger partial charge in [0.15, 0.2) is 6.61 Å². The van der Waals surface area contributed by atoms with E-state index >= 15 is 0 Å². The highest BCUT2D eigenvalue weighted by Crippen LogP contribution is 2.24. The molecule has 2 N–H and O–H groups in total. The normalized spacial score (nSPS) is 9.68. The molecule has 0 aliphatic rings. The summed E-state index contributed by atoms with van der Waals surface area (Å²) in [6, 6.07) is 6.64. The third-order valence-electron chi connectivity index (χ3n) is 2.11. The van der Waals surface area contributed by atoms with Gasteiger partial charge in [0, 0.05) is 11.8 Å². The van der Waals surface area contributed by atoms with E-state index in [9.17, 15) is 5.11 Å². The zero-order valence-corrected chi connectivity index (χ0v) is 11.4. The monoisotopic (exact) mass is 319 g/mol. The van der Waals surface area contributed by atoms with Crippen molar-refractivity contribution in [1.29, 1.82) is 0 Å². The Hall–Kier alpha value is -2.26. The summed E-state index contributed by atoms with van der Waals surface area (Å²) in [5, 5.41) is 12.3. The predicted molar refractivity (Wildman–Crippen MR) is 75.4 cm³/mol. The minimum absolute atomic E-state index is 0.126. The summed E-state index contributed by atoms with van der Waals surface area (Å²) in [7, 11) is 0. The molecule has 5 nitrogen and oxygen atoms in total. The Balaban J connectivity index is 2.19. The van der Waals surface area contributed by atoms with Crippen molar-refractivity contribution in [1.82, 2.24) is 9.97 Å². The summed E-state index contributed by atoms with van der Waals surface area (Å²) >= 11 is 3.27. The SMILES string of the molecule is C#CCOc1nc(Nc2cccc(O)c2)ncc1Br. The van der Waals surface area contributed by atoms with Gasteiger partial charge in [-0.25, -0.2) is 4.98 Å². The van der Waals surface area contributed by atoms with Crippen LogP contribution in [0.15, 0.2) is 34.9 Å². The van der Waals surface area contributed by atoms with Gasteiger partial charge >= 0.3 is 0 Å². The van der Waals surface area contributed by atoms with Gasteiger partial charge in [0.2, 0.25) is 11.8 Å². The second kappa shape index (κ2) is 6.07. The number of phenols is 1. The number of halogens is 1. The second-order valence-corrected chi connectivity index (χ2v) is 4.37. The largest absolute Gasteiger partial charge is 0.508 e. The molecule has 0 radical (unpaired) electrons. The van der Waals surface area contributed by atoms with Crippen molar-refractivity contribution in [2.45, 2.75) is 0 Å². The number of hydrogen-bond acceptors (Lipinski definition) is 5. The first kappa shape index (κ1) is 13.2. The van der Waals surface area contributed by atoms with Crippen LogP contribution < -0.4 is 10.1 Å². The van der Waals surface area contributed by atoms with Gasteiger partial charge in [-0.2, -0.15) is 4.98 Å². The van der Waals surface area contributed by atoms with Gasteiger partial charge in [0.25, 0.3) is 0 Å². The summed E-state index contributed by atoms with van der Waals surface area (Å²) in [6.45, 7) is 0.126. The Morgan fingerprint density at radius 3 is 3.05 bits per heavy atom. The standard InChI is InChI=1S/C13H10BrN3O2/c1-2-6-19-12-11(14)8-15-13(17-12)16-9-4-3-5-10(18)7-9/h1,3-5,7-8,18H,6H2,(H,15,16,17). The van der Waals surface area contributed by atoms with Crippen LogP contribution in [0.3, 0.4) is 0 Å². The molecular weight excluding hydrogens is 310 g/mol. The number of terminal acetylenes is 1. The van der Waals surface area contributed by atoms with E-state index in [0.29, 0.717) is 22.0 Å². The molecule has 96 valence electrons. The number of ether oxygens (including phenoxy) is 1. The summed E-state index contributed by atoms with van der Waals surface area (Å²) in [5.74, 6) is 3.23. The molecule has 1 heterocycles. The Morgan fingerprint density at radius 2 is 2.32 bits per heavy atom. The van der Waals surface area contributed by atoms with Crippen LogP contribution in [0, 0.1) is 12.3 Å². The lowest BCUT2D eigenvalue weighted by molar-refractivity contribution is 0.353. The van der Waals surface area contributed by atoms with E-state index in [4.69, 9.17) is 11.2 Å². The number of aromatic nitrogens is 2. The Bertz CT molecular complexity index is 626. The maximum atomic E-state index is 9.37. The summed E-state index contributed by atoms with van der Waals surface area (Å²) in [6.07, 6.45) is 6.69. The average Bonchev–Trinajstić information content (AvgIpc) is 2.39. The smallest absolute Gasteiger partial charge is 0.233 e. The Morgan fingerprint density at radius 1 is 1.47 bits per heavy atom. The molecule has 19 heavy (non-hydrogen) atoms. The molecule has 2 rings (SSSR count). The van der Waals surface area contributed by atoms with Crippen molar-refractivity contribution < 1.29 is 9.84 Å². The van der Waals surface area contributed by atoms with Crippen molar-refractivity contribution in [2.75, 3.05) is 11.9 Å². The zero-order valence-electron chi connectivity index (χ0n) is 9.80. The van der Waals surface area contributed by atoms with E-state index in [0.717, 1.165) is 0 Å². The van der Waals surface area contributed by atoms with Crippen molar-refractivity contribution in [3.05, 3.63) is 34.9 Å². The van der Waals surface area contributed by atoms with Crippen molar-refractivity contribution in [3.8, 4) is 24.0 Å². The van der Waals surface area contributed by atoms with Crippen LogP contribution in [0.25, 0.3) is 0 Å². The predicted octanol–water partition coefficient (Wildman–Crippen LogP) is 2.70. The lowest BCUT2D eigenvalue weighted by Gasteiger charge is -2.08. The van der Waals surface area contributed by atoms with Crippen LogP contribution in [0.5, 0.6) is 11.6 Å². The number of phenolic OH excluding ortho intramolecular Hbond substituents is 1. The van der Waals surface area contributed by atoms with Gasteiger partial charge in [-0.15, -0.1) is 6.42 Å². The summed E-state index contributed by atoms with van der Waals surface area (Å²) in [4.78, 5) is 8.26. The van der Waals surface area contributed by atoms with E-state index in [1.807, 2.05) is 0 Å². The quantitative estimate of drug-likeness (QED) is 0.848. The first-order chi connectivity index (χ1) is 9.19. The van der Waals surface area contributed by atoms with Gasteiger partial charge in [-0.05, 0) is 28.1 Å². The van der Waals surface area contributed by atoms with Gasteiger partial charge in [0.1, 0.15) is 5.75 Å². The van der Waals surface area contributed by atoms with Crippen LogP contribution in [0.2, 0.25) is 0 Å². The number of aromatic hydroxyl groups is 1. The van der Waals surface area contributed by atoms with Gasteiger partial charge in [-0.3, -0.25) is 0 Å². The first-order valence-corrected chi connectivity index (χ1v) is 6.13. The minimum atomic E-state index is 0.126. The Kier molecular flexibility index (Phi) is 4.21. The fraction of sp³-hybridized carbons (Fsp3) is 0.0769. The molecule has 0 bridgehead atoms. The highest BCUT2D eigenvalue weighted by Gasteiger charge is 2.06. The molecule has 1 aromatic carbocycles. The van der Waals surface area contributed by atoms with Crippen molar-refractivity contribution in [3.63, 3.8) is 0 Å². The maximum absolute atomic E-state index is 9.37. The van der Waals surface area contributed by atoms with E-state index in [-0.39, 0.29) is 12.4 Å². The molecule has 0 aliphatic carbocycles. The van der Waals surface area contributed by atoms with Gasteiger partial charge < -0.3 is 15.2 Å². The second-order valence-electron chi connectivity index (χ2n) is 3.51. The van der Waals surface area contributed by atoms with Crippen molar-refractivity contribution in [2.24, 2.45) is 0 Å². The van der Waals surface area contributed by atoms with Crippen LogP contribution in [-0.2, 0) is 0 Å². The third kappa shape index (κ3) is 3.60. The lowest BCUT2D eigenvalue weighted by atomic mass is 10.3. The summed E-state index contributed by atoms with van der Waals surface area (Å²) < 4.78 is 5.88. The third-order valence-corrected chi connectivity index (χ3v) is 2.65. The molecule has 1 aromatic heterocycles. The highest BCUT2D eigenvalue weighted by molar-refractivity contribution is 9.10. The molecule has 0 saturated heterocycles. The molecule has 2 aromatic rings. The van der Waals surface area contributed by atoms with Crippen LogP contribution in [0.1, 0.15) is 0 Å². The number of nitrogens with zero attached hydrogens (tertiary/aromatic N) is 2. The molecular formula is C13H10BrN3O2. The van der Waals surface area contributed by atoms with Crippen LogP contribution in [-0.4, -0.2) is 21.7 Å². The van der Waals surface area contributed by atoms with Gasteiger partial charge in [-0.1, -0.05) is 12.0 Å². The molecule has 0 saturated carbocycles. The fourth-order valence-electron chi connectivity index (χ4n) is 1.34. The number of benzene rings is 1. The van der Waals surface area contributed by atoms with Gasteiger partial charge in [0.05, 0.1) is 10.7 Å².